The van der Waals surface area contributed by atoms with Crippen molar-refractivity contribution in [2.24, 2.45) is 0 Å². The third-order valence-corrected chi connectivity index (χ3v) is 6.24. The van der Waals surface area contributed by atoms with Crippen molar-refractivity contribution < 1.29 is 17.9 Å². The zero-order valence-electron chi connectivity index (χ0n) is 17.6. The maximum absolute atomic E-state index is 12.2. The highest BCUT2D eigenvalue weighted by atomic mass is 32.2. The number of halogens is 3. The molecule has 31 heavy (non-hydrogen) atoms. The minimum absolute atomic E-state index is 0.179. The largest absolute Gasteiger partial charge is 0.573 e. The summed E-state index contributed by atoms with van der Waals surface area (Å²) in [4.78, 5) is 0.958. The zero-order chi connectivity index (χ0) is 22.1. The van der Waals surface area contributed by atoms with Gasteiger partial charge in [0.25, 0.3) is 0 Å². The second-order valence-electron chi connectivity index (χ2n) is 7.53. The Morgan fingerprint density at radius 1 is 0.871 bits per heavy atom. The molecule has 0 spiro atoms. The lowest BCUT2D eigenvalue weighted by Gasteiger charge is -2.16. The van der Waals surface area contributed by atoms with Crippen molar-refractivity contribution in [3.63, 3.8) is 0 Å². The summed E-state index contributed by atoms with van der Waals surface area (Å²) in [5.41, 5.74) is 1.33. The van der Waals surface area contributed by atoms with E-state index in [1.165, 1.54) is 28.5 Å². The predicted octanol–water partition coefficient (Wildman–Crippen LogP) is 7.74. The Bertz CT molecular complexity index is 938. The van der Waals surface area contributed by atoms with Crippen LogP contribution in [0.2, 0.25) is 0 Å². The molecule has 0 bridgehead atoms. The fourth-order valence-corrected chi connectivity index (χ4v) is 4.48. The topological polar surface area (TPSA) is 21.3 Å². The van der Waals surface area contributed by atoms with Gasteiger partial charge in [0.05, 0.1) is 0 Å². The van der Waals surface area contributed by atoms with Crippen molar-refractivity contribution in [2.75, 3.05) is 12.3 Å². The molecule has 0 amide bonds. The van der Waals surface area contributed by atoms with Crippen molar-refractivity contribution in [2.45, 2.75) is 49.9 Å². The van der Waals surface area contributed by atoms with E-state index in [0.717, 1.165) is 42.9 Å². The van der Waals surface area contributed by atoms with Crippen LogP contribution >= 0.6 is 11.8 Å². The SMILES string of the molecule is CC(NCCCCCCSc1ccc(OC(F)(F)F)cc1)c1cccc2ccccc12. The Labute approximate surface area is 186 Å². The Kier molecular flexibility index (Phi) is 8.67. The van der Waals surface area contributed by atoms with Crippen LogP contribution in [0.3, 0.4) is 0 Å². The van der Waals surface area contributed by atoms with Crippen LogP contribution < -0.4 is 10.1 Å². The normalized spacial score (nSPS) is 12.8. The van der Waals surface area contributed by atoms with Crippen LogP contribution in [-0.4, -0.2) is 18.7 Å². The summed E-state index contributed by atoms with van der Waals surface area (Å²) in [6.45, 7) is 3.20. The highest BCUT2D eigenvalue weighted by molar-refractivity contribution is 7.99. The molecule has 3 aromatic rings. The molecule has 3 aromatic carbocycles. The van der Waals surface area contributed by atoms with Crippen LogP contribution in [0.1, 0.15) is 44.2 Å². The van der Waals surface area contributed by atoms with Crippen LogP contribution in [-0.2, 0) is 0 Å². The molecule has 3 rings (SSSR count). The fourth-order valence-electron chi connectivity index (χ4n) is 3.56. The van der Waals surface area contributed by atoms with Crippen molar-refractivity contribution in [3.05, 3.63) is 72.3 Å². The second-order valence-corrected chi connectivity index (χ2v) is 8.69. The molecule has 0 heterocycles. The standard InChI is InChI=1S/C25H28F3NOS/c1-19(23-12-8-10-20-9-4-5-11-24(20)23)29-17-6-2-3-7-18-31-22-15-13-21(14-16-22)30-25(26,27)28/h4-5,8-16,19,29H,2-3,6-7,17-18H2,1H3. The van der Waals surface area contributed by atoms with Gasteiger partial charge in [0.15, 0.2) is 0 Å². The number of alkyl halides is 3. The molecule has 0 aliphatic heterocycles. The molecule has 1 unspecified atom stereocenters. The van der Waals surface area contributed by atoms with Gasteiger partial charge in [0.2, 0.25) is 0 Å². The summed E-state index contributed by atoms with van der Waals surface area (Å²) in [5.74, 6) is 0.779. The van der Waals surface area contributed by atoms with Gasteiger partial charge in [-0.1, -0.05) is 55.3 Å². The molecule has 0 saturated carbocycles. The number of hydrogen-bond acceptors (Lipinski definition) is 3. The number of unbranched alkanes of at least 4 members (excludes halogenated alkanes) is 3. The number of ether oxygens (including phenoxy) is 1. The van der Waals surface area contributed by atoms with Gasteiger partial charge in [0, 0.05) is 10.9 Å². The summed E-state index contributed by atoms with van der Waals surface area (Å²) in [6.07, 6.45) is -0.120. The number of nitrogens with one attached hydrogen (secondary N) is 1. The Morgan fingerprint density at radius 2 is 1.58 bits per heavy atom. The molecule has 0 aliphatic carbocycles. The maximum Gasteiger partial charge on any atom is 0.573 e. The van der Waals surface area contributed by atoms with E-state index in [4.69, 9.17) is 0 Å². The third kappa shape index (κ3) is 7.78. The smallest absolute Gasteiger partial charge is 0.406 e. The van der Waals surface area contributed by atoms with E-state index in [0.29, 0.717) is 6.04 Å². The molecule has 0 aromatic heterocycles. The van der Waals surface area contributed by atoms with Gasteiger partial charge in [-0.25, -0.2) is 0 Å². The maximum atomic E-state index is 12.2. The molecule has 1 N–H and O–H groups in total. The Hall–Kier alpha value is -2.18. The lowest BCUT2D eigenvalue weighted by molar-refractivity contribution is -0.274. The molecular formula is C25H28F3NOS. The number of thioether (sulfide) groups is 1. The van der Waals surface area contributed by atoms with Crippen LogP contribution in [0, 0.1) is 0 Å². The van der Waals surface area contributed by atoms with E-state index in [1.54, 1.807) is 23.9 Å². The molecule has 2 nitrogen and oxygen atoms in total. The lowest BCUT2D eigenvalue weighted by Crippen LogP contribution is -2.20. The van der Waals surface area contributed by atoms with E-state index in [1.807, 2.05) is 0 Å². The monoisotopic (exact) mass is 447 g/mol. The number of fused-ring (bicyclic) bond motifs is 1. The molecule has 0 aliphatic rings. The van der Waals surface area contributed by atoms with Gasteiger partial charge in [-0.2, -0.15) is 0 Å². The van der Waals surface area contributed by atoms with Crippen LogP contribution in [0.15, 0.2) is 71.6 Å². The van der Waals surface area contributed by atoms with Gasteiger partial charge < -0.3 is 10.1 Å². The van der Waals surface area contributed by atoms with E-state index in [-0.39, 0.29) is 5.75 Å². The Balaban J connectivity index is 1.29. The minimum atomic E-state index is -4.64. The summed E-state index contributed by atoms with van der Waals surface area (Å²) < 4.78 is 40.4. The highest BCUT2D eigenvalue weighted by Crippen LogP contribution is 2.27. The fraction of sp³-hybridized carbons (Fsp3) is 0.360. The summed E-state index contributed by atoms with van der Waals surface area (Å²) in [6, 6.07) is 21.3. The summed E-state index contributed by atoms with van der Waals surface area (Å²) >= 11 is 1.66. The van der Waals surface area contributed by atoms with Gasteiger partial charge in [-0.3, -0.25) is 0 Å². The van der Waals surface area contributed by atoms with Crippen molar-refractivity contribution in [1.29, 1.82) is 0 Å². The summed E-state index contributed by atoms with van der Waals surface area (Å²) in [5, 5.41) is 6.21. The first-order valence-electron chi connectivity index (χ1n) is 10.6. The quantitative estimate of drug-likeness (QED) is 0.240. The summed E-state index contributed by atoms with van der Waals surface area (Å²) in [7, 11) is 0. The molecule has 6 heteroatoms. The first kappa shape index (κ1) is 23.5. The molecule has 0 fully saturated rings. The minimum Gasteiger partial charge on any atom is -0.406 e. The van der Waals surface area contributed by atoms with E-state index in [9.17, 15) is 13.2 Å². The number of benzene rings is 3. The van der Waals surface area contributed by atoms with Gasteiger partial charge in [-0.05, 0) is 72.7 Å². The molecule has 0 radical (unpaired) electrons. The van der Waals surface area contributed by atoms with Crippen molar-refractivity contribution in [1.82, 2.24) is 5.32 Å². The number of rotatable bonds is 11. The van der Waals surface area contributed by atoms with Crippen LogP contribution in [0.5, 0.6) is 5.75 Å². The van der Waals surface area contributed by atoms with Gasteiger partial charge >= 0.3 is 6.36 Å². The van der Waals surface area contributed by atoms with E-state index < -0.39 is 6.36 Å². The van der Waals surface area contributed by atoms with Crippen molar-refractivity contribution >= 4 is 22.5 Å². The van der Waals surface area contributed by atoms with Crippen molar-refractivity contribution in [3.8, 4) is 5.75 Å². The average molecular weight is 448 g/mol. The Morgan fingerprint density at radius 3 is 2.35 bits per heavy atom. The third-order valence-electron chi connectivity index (χ3n) is 5.14. The predicted molar refractivity (Wildman–Crippen MR) is 123 cm³/mol. The van der Waals surface area contributed by atoms with E-state index >= 15 is 0 Å². The highest BCUT2D eigenvalue weighted by Gasteiger charge is 2.30. The van der Waals surface area contributed by atoms with Gasteiger partial charge in [0.1, 0.15) is 5.75 Å². The second kappa shape index (κ2) is 11.4. The first-order chi connectivity index (χ1) is 14.9. The first-order valence-corrected chi connectivity index (χ1v) is 11.6. The lowest BCUT2D eigenvalue weighted by atomic mass is 9.99. The van der Waals surface area contributed by atoms with E-state index in [2.05, 4.69) is 59.4 Å². The molecular weight excluding hydrogens is 419 g/mol. The average Bonchev–Trinajstić information content (AvgIpc) is 2.75. The molecule has 0 saturated heterocycles. The molecule has 1 atom stereocenters. The number of hydrogen-bond donors (Lipinski definition) is 1. The van der Waals surface area contributed by atoms with Gasteiger partial charge in [-0.15, -0.1) is 24.9 Å². The zero-order valence-corrected chi connectivity index (χ0v) is 18.4. The van der Waals surface area contributed by atoms with Crippen LogP contribution in [0.25, 0.3) is 10.8 Å². The van der Waals surface area contributed by atoms with Crippen LogP contribution in [0.4, 0.5) is 13.2 Å². The molecule has 166 valence electrons.